The highest BCUT2D eigenvalue weighted by atomic mass is 35.5. The zero-order chi connectivity index (χ0) is 19.8. The molecule has 0 bridgehead atoms. The maximum Gasteiger partial charge on any atom is 0.488 e. The molecule has 0 aromatic heterocycles. The van der Waals surface area contributed by atoms with E-state index in [4.69, 9.17) is 23.2 Å². The first-order valence-corrected chi connectivity index (χ1v) is 10.3. The van der Waals surface area contributed by atoms with Crippen molar-refractivity contribution in [1.82, 2.24) is 0 Å². The Labute approximate surface area is 166 Å². The van der Waals surface area contributed by atoms with Crippen LogP contribution in [0.1, 0.15) is 16.8 Å². The SMILES string of the molecule is O=C(Nc1cc(Cl)cc(B(O)O)c1)c1cc(N2CCCS2(=O)=O)ccc1Cl. The number of amides is 1. The Hall–Kier alpha value is -1.78. The lowest BCUT2D eigenvalue weighted by atomic mass is 9.80. The van der Waals surface area contributed by atoms with Gasteiger partial charge in [0.15, 0.2) is 0 Å². The highest BCUT2D eigenvalue weighted by molar-refractivity contribution is 7.93. The summed E-state index contributed by atoms with van der Waals surface area (Å²) >= 11 is 12.0. The Morgan fingerprint density at radius 3 is 2.52 bits per heavy atom. The molecule has 0 spiro atoms. The fraction of sp³-hybridized carbons (Fsp3) is 0.188. The lowest BCUT2D eigenvalue weighted by molar-refractivity contribution is 0.102. The van der Waals surface area contributed by atoms with Gasteiger partial charge in [0.05, 0.1) is 22.0 Å². The Morgan fingerprint density at radius 1 is 1.15 bits per heavy atom. The molecule has 1 heterocycles. The Balaban J connectivity index is 1.90. The van der Waals surface area contributed by atoms with E-state index in [1.807, 2.05) is 0 Å². The number of anilines is 2. The van der Waals surface area contributed by atoms with E-state index < -0.39 is 23.0 Å². The lowest BCUT2D eigenvalue weighted by Gasteiger charge is -2.18. The predicted octanol–water partition coefficient (Wildman–Crippen LogP) is 1.47. The minimum atomic E-state index is -3.39. The van der Waals surface area contributed by atoms with E-state index in [1.165, 1.54) is 34.6 Å². The van der Waals surface area contributed by atoms with Crippen LogP contribution in [0.3, 0.4) is 0 Å². The molecule has 1 amide bonds. The van der Waals surface area contributed by atoms with Gasteiger partial charge < -0.3 is 15.4 Å². The Morgan fingerprint density at radius 2 is 1.89 bits per heavy atom. The molecule has 27 heavy (non-hydrogen) atoms. The zero-order valence-electron chi connectivity index (χ0n) is 13.9. The number of rotatable bonds is 4. The van der Waals surface area contributed by atoms with E-state index in [2.05, 4.69) is 5.32 Å². The van der Waals surface area contributed by atoms with Gasteiger partial charge in [-0.05, 0) is 48.3 Å². The molecule has 0 aliphatic carbocycles. The number of nitrogens with zero attached hydrogens (tertiary/aromatic N) is 1. The van der Waals surface area contributed by atoms with Crippen molar-refractivity contribution in [2.24, 2.45) is 0 Å². The molecule has 0 unspecified atom stereocenters. The molecule has 1 aliphatic rings. The van der Waals surface area contributed by atoms with Crippen LogP contribution < -0.4 is 15.1 Å². The minimum Gasteiger partial charge on any atom is -0.423 e. The summed E-state index contributed by atoms with van der Waals surface area (Å²) in [6.07, 6.45) is 0.515. The highest BCUT2D eigenvalue weighted by Gasteiger charge is 2.29. The van der Waals surface area contributed by atoms with E-state index in [-0.39, 0.29) is 32.5 Å². The number of hydrogen-bond donors (Lipinski definition) is 3. The largest absolute Gasteiger partial charge is 0.488 e. The quantitative estimate of drug-likeness (QED) is 0.639. The number of sulfonamides is 1. The third-order valence-electron chi connectivity index (χ3n) is 4.06. The summed E-state index contributed by atoms with van der Waals surface area (Å²) in [6, 6.07) is 8.56. The molecule has 2 aromatic carbocycles. The van der Waals surface area contributed by atoms with E-state index in [0.717, 1.165) is 0 Å². The molecule has 3 N–H and O–H groups in total. The number of halogens is 2. The summed E-state index contributed by atoms with van der Waals surface area (Å²) in [5, 5.41) is 21.5. The molecule has 11 heteroatoms. The van der Waals surface area contributed by atoms with Gasteiger partial charge in [-0.15, -0.1) is 0 Å². The first-order chi connectivity index (χ1) is 12.7. The van der Waals surface area contributed by atoms with Crippen LogP contribution in [-0.4, -0.2) is 43.8 Å². The summed E-state index contributed by atoms with van der Waals surface area (Å²) < 4.78 is 25.4. The highest BCUT2D eigenvalue weighted by Crippen LogP contribution is 2.29. The normalized spacial score (nSPS) is 15.6. The smallest absolute Gasteiger partial charge is 0.423 e. The molecule has 7 nitrogen and oxygen atoms in total. The van der Waals surface area contributed by atoms with Crippen LogP contribution in [0.2, 0.25) is 10.0 Å². The van der Waals surface area contributed by atoms with Gasteiger partial charge in [-0.3, -0.25) is 9.10 Å². The third-order valence-corrected chi connectivity index (χ3v) is 6.48. The minimum absolute atomic E-state index is 0.0614. The second-order valence-electron chi connectivity index (χ2n) is 6.01. The van der Waals surface area contributed by atoms with E-state index in [1.54, 1.807) is 6.07 Å². The van der Waals surface area contributed by atoms with Crippen molar-refractivity contribution in [2.75, 3.05) is 21.9 Å². The molecule has 1 saturated heterocycles. The maximum atomic E-state index is 12.6. The summed E-state index contributed by atoms with van der Waals surface area (Å²) in [7, 11) is -5.13. The first-order valence-electron chi connectivity index (χ1n) is 7.95. The van der Waals surface area contributed by atoms with Crippen molar-refractivity contribution in [2.45, 2.75) is 6.42 Å². The summed E-state index contributed by atoms with van der Waals surface area (Å²) in [4.78, 5) is 12.6. The van der Waals surface area contributed by atoms with E-state index >= 15 is 0 Å². The van der Waals surface area contributed by atoms with Gasteiger partial charge >= 0.3 is 7.12 Å². The summed E-state index contributed by atoms with van der Waals surface area (Å²) in [5.41, 5.74) is 0.800. The standard InChI is InChI=1S/C16H15BCl2N2O5S/c18-11-6-10(17(23)24)7-12(8-11)20-16(22)14-9-13(2-3-15(14)19)21-4-1-5-27(21,25)26/h2-3,6-9,23-24H,1,4-5H2,(H,20,22). The zero-order valence-corrected chi connectivity index (χ0v) is 16.2. The van der Waals surface area contributed by atoms with Crippen LogP contribution >= 0.6 is 23.2 Å². The van der Waals surface area contributed by atoms with Gasteiger partial charge in [0.2, 0.25) is 10.0 Å². The number of carbonyl (C=O) groups is 1. The van der Waals surface area contributed by atoms with Gasteiger partial charge in [0, 0.05) is 17.3 Å². The number of benzene rings is 2. The van der Waals surface area contributed by atoms with Gasteiger partial charge in [0.1, 0.15) is 0 Å². The molecule has 0 radical (unpaired) electrons. The first kappa shape index (κ1) is 20.0. The molecular formula is C16H15BCl2N2O5S. The van der Waals surface area contributed by atoms with Crippen LogP contribution in [0.15, 0.2) is 36.4 Å². The molecule has 0 saturated carbocycles. The molecule has 1 fully saturated rings. The molecule has 3 rings (SSSR count). The Bertz CT molecular complexity index is 1000. The van der Waals surface area contributed by atoms with Gasteiger partial charge in [-0.1, -0.05) is 23.2 Å². The predicted molar refractivity (Wildman–Crippen MR) is 106 cm³/mol. The van der Waals surface area contributed by atoms with Gasteiger partial charge in [-0.2, -0.15) is 0 Å². The second kappa shape index (κ2) is 7.69. The average Bonchev–Trinajstić information content (AvgIpc) is 2.94. The third kappa shape index (κ3) is 4.39. The maximum absolute atomic E-state index is 12.6. The average molecular weight is 429 g/mol. The lowest BCUT2D eigenvalue weighted by Crippen LogP contribution is -2.30. The van der Waals surface area contributed by atoms with Crippen LogP contribution in [0.25, 0.3) is 0 Å². The monoisotopic (exact) mass is 428 g/mol. The van der Waals surface area contributed by atoms with Crippen LogP contribution in [-0.2, 0) is 10.0 Å². The molecule has 0 atom stereocenters. The van der Waals surface area contributed by atoms with Crippen molar-refractivity contribution < 1.29 is 23.3 Å². The number of carbonyl (C=O) groups excluding carboxylic acids is 1. The van der Waals surface area contributed by atoms with Crippen molar-refractivity contribution in [3.8, 4) is 0 Å². The fourth-order valence-corrected chi connectivity index (χ4v) is 4.81. The summed E-state index contributed by atoms with van der Waals surface area (Å²) in [6.45, 7) is 0.344. The van der Waals surface area contributed by atoms with Crippen LogP contribution in [0.5, 0.6) is 0 Å². The van der Waals surface area contributed by atoms with Crippen LogP contribution in [0, 0.1) is 0 Å². The molecule has 2 aromatic rings. The van der Waals surface area contributed by atoms with Gasteiger partial charge in [0.25, 0.3) is 5.91 Å². The topological polar surface area (TPSA) is 107 Å². The fourth-order valence-electron chi connectivity index (χ4n) is 2.80. The summed E-state index contributed by atoms with van der Waals surface area (Å²) in [5.74, 6) is -0.523. The van der Waals surface area contributed by atoms with Crippen LogP contribution in [0.4, 0.5) is 11.4 Å². The number of nitrogens with one attached hydrogen (secondary N) is 1. The molecule has 1 aliphatic heterocycles. The van der Waals surface area contributed by atoms with E-state index in [9.17, 15) is 23.3 Å². The molecular weight excluding hydrogens is 414 g/mol. The van der Waals surface area contributed by atoms with Crippen molar-refractivity contribution >= 4 is 63.1 Å². The van der Waals surface area contributed by atoms with Gasteiger partial charge in [-0.25, -0.2) is 8.42 Å². The second-order valence-corrected chi connectivity index (χ2v) is 8.86. The van der Waals surface area contributed by atoms with E-state index in [0.29, 0.717) is 18.7 Å². The molecule has 142 valence electrons. The van der Waals surface area contributed by atoms with Crippen molar-refractivity contribution in [3.05, 3.63) is 52.0 Å². The van der Waals surface area contributed by atoms with Crippen molar-refractivity contribution in [1.29, 1.82) is 0 Å². The number of hydrogen-bond acceptors (Lipinski definition) is 5. The van der Waals surface area contributed by atoms with Crippen molar-refractivity contribution in [3.63, 3.8) is 0 Å². The Kier molecular flexibility index (Phi) is 5.69.